The number of hydrogen-bond donors (Lipinski definition) is 2. The summed E-state index contributed by atoms with van der Waals surface area (Å²) in [6.45, 7) is 16.4. The monoisotopic (exact) mass is 424 g/mol. The molecule has 0 atom stereocenters. The third kappa shape index (κ3) is 6.94. The van der Waals surface area contributed by atoms with Crippen LogP contribution in [0.2, 0.25) is 0 Å². The van der Waals surface area contributed by atoms with Gasteiger partial charge >= 0.3 is 0 Å². The minimum Gasteiger partial charge on any atom is -0.493 e. The van der Waals surface area contributed by atoms with Crippen LogP contribution in [-0.2, 0) is 0 Å². The lowest BCUT2D eigenvalue weighted by Crippen LogP contribution is -2.43. The lowest BCUT2D eigenvalue weighted by atomic mass is 10.1. The van der Waals surface area contributed by atoms with Crippen LogP contribution in [0.1, 0.15) is 45.1 Å². The molecule has 29 heavy (non-hydrogen) atoms. The predicted molar refractivity (Wildman–Crippen MR) is 127 cm³/mol. The molecule has 2 heterocycles. The van der Waals surface area contributed by atoms with E-state index in [2.05, 4.69) is 53.3 Å². The zero-order chi connectivity index (χ0) is 19.8. The van der Waals surface area contributed by atoms with Crippen LogP contribution in [0.3, 0.4) is 0 Å². The summed E-state index contributed by atoms with van der Waals surface area (Å²) in [4.78, 5) is 5.06. The Kier molecular flexibility index (Phi) is 10.4. The van der Waals surface area contributed by atoms with E-state index in [0.29, 0.717) is 5.92 Å². The normalized spacial score (nSPS) is 17.4. The summed E-state index contributed by atoms with van der Waals surface area (Å²) in [5.74, 6) is 1.64. The fourth-order valence-corrected chi connectivity index (χ4v) is 4.27. The Morgan fingerprint density at radius 2 is 1.76 bits per heavy atom. The summed E-state index contributed by atoms with van der Waals surface area (Å²) >= 11 is 0. The smallest absolute Gasteiger partial charge is 0.123 e. The second kappa shape index (κ2) is 12.5. The number of piperazine rings is 1. The summed E-state index contributed by atoms with van der Waals surface area (Å²) in [6, 6.07) is 4.47. The Labute approximate surface area is 184 Å². The van der Waals surface area contributed by atoms with Crippen molar-refractivity contribution < 1.29 is 4.74 Å². The van der Waals surface area contributed by atoms with E-state index in [-0.39, 0.29) is 12.4 Å². The van der Waals surface area contributed by atoms with Gasteiger partial charge in [-0.05, 0) is 44.3 Å². The van der Waals surface area contributed by atoms with Crippen molar-refractivity contribution in [2.45, 2.75) is 46.5 Å². The number of benzene rings is 1. The molecule has 3 rings (SSSR count). The minimum absolute atomic E-state index is 0. The molecule has 0 radical (unpaired) electrons. The highest BCUT2D eigenvalue weighted by atomic mass is 35.5. The first-order valence-corrected chi connectivity index (χ1v) is 11.4. The van der Waals surface area contributed by atoms with Crippen LogP contribution >= 0.6 is 12.4 Å². The van der Waals surface area contributed by atoms with Gasteiger partial charge in [0.25, 0.3) is 0 Å². The zero-order valence-corrected chi connectivity index (χ0v) is 19.5. The summed E-state index contributed by atoms with van der Waals surface area (Å²) in [6.07, 6.45) is 5.05. The summed E-state index contributed by atoms with van der Waals surface area (Å²) < 4.78 is 6.26. The Hall–Kier alpha value is -1.17. The van der Waals surface area contributed by atoms with Crippen molar-refractivity contribution >= 4 is 23.8 Å². The molecule has 0 spiro atoms. The number of ether oxygens (including phenoxy) is 1. The first kappa shape index (κ1) is 24.1. The van der Waals surface area contributed by atoms with Crippen molar-refractivity contribution in [2.24, 2.45) is 5.92 Å². The SMILES string of the molecule is CCC(CC)COc1cc(NCCN2CCCC2)c(C)c(N2CCNCC2)c1.Cl. The van der Waals surface area contributed by atoms with Crippen LogP contribution in [0, 0.1) is 12.8 Å². The second-order valence-electron chi connectivity index (χ2n) is 8.32. The zero-order valence-electron chi connectivity index (χ0n) is 18.6. The Morgan fingerprint density at radius 3 is 2.41 bits per heavy atom. The van der Waals surface area contributed by atoms with Gasteiger partial charge in [0.1, 0.15) is 5.75 Å². The van der Waals surface area contributed by atoms with Gasteiger partial charge in [0, 0.05) is 62.8 Å². The lowest BCUT2D eigenvalue weighted by molar-refractivity contribution is 0.240. The molecule has 0 aromatic heterocycles. The van der Waals surface area contributed by atoms with E-state index in [4.69, 9.17) is 4.74 Å². The molecule has 2 fully saturated rings. The highest BCUT2D eigenvalue weighted by Gasteiger charge is 2.17. The van der Waals surface area contributed by atoms with Crippen LogP contribution in [0.4, 0.5) is 11.4 Å². The number of nitrogens with zero attached hydrogens (tertiary/aromatic N) is 2. The molecular formula is C23H41ClN4O. The quantitative estimate of drug-likeness (QED) is 0.590. The number of halogens is 1. The Morgan fingerprint density at radius 1 is 1.07 bits per heavy atom. The molecule has 166 valence electrons. The van der Waals surface area contributed by atoms with E-state index in [0.717, 1.165) is 51.6 Å². The van der Waals surface area contributed by atoms with E-state index in [1.807, 2.05) is 0 Å². The fourth-order valence-electron chi connectivity index (χ4n) is 4.27. The van der Waals surface area contributed by atoms with Crippen molar-refractivity contribution in [1.82, 2.24) is 10.2 Å². The van der Waals surface area contributed by atoms with Crippen molar-refractivity contribution in [3.8, 4) is 5.75 Å². The van der Waals surface area contributed by atoms with Crippen molar-refractivity contribution in [3.05, 3.63) is 17.7 Å². The molecule has 0 unspecified atom stereocenters. The molecule has 5 nitrogen and oxygen atoms in total. The maximum absolute atomic E-state index is 6.26. The molecule has 0 aliphatic carbocycles. The average molecular weight is 425 g/mol. The average Bonchev–Trinajstić information content (AvgIpc) is 3.25. The number of nitrogens with one attached hydrogen (secondary N) is 2. The first-order chi connectivity index (χ1) is 13.7. The molecule has 0 amide bonds. The highest BCUT2D eigenvalue weighted by Crippen LogP contribution is 2.33. The van der Waals surface area contributed by atoms with E-state index < -0.39 is 0 Å². The Bertz CT molecular complexity index is 597. The molecule has 0 bridgehead atoms. The van der Waals surface area contributed by atoms with Gasteiger partial charge in [0.15, 0.2) is 0 Å². The van der Waals surface area contributed by atoms with Crippen molar-refractivity contribution in [2.75, 3.05) is 69.2 Å². The lowest BCUT2D eigenvalue weighted by Gasteiger charge is -2.32. The van der Waals surface area contributed by atoms with Gasteiger partial charge in [-0.3, -0.25) is 0 Å². The fraction of sp³-hybridized carbons (Fsp3) is 0.739. The van der Waals surface area contributed by atoms with Gasteiger partial charge in [-0.2, -0.15) is 0 Å². The van der Waals surface area contributed by atoms with Gasteiger partial charge in [0.2, 0.25) is 0 Å². The third-order valence-corrected chi connectivity index (χ3v) is 6.39. The molecule has 0 saturated carbocycles. The number of hydrogen-bond acceptors (Lipinski definition) is 5. The van der Waals surface area contributed by atoms with Gasteiger partial charge < -0.3 is 25.2 Å². The van der Waals surface area contributed by atoms with Crippen LogP contribution in [0.5, 0.6) is 5.75 Å². The first-order valence-electron chi connectivity index (χ1n) is 11.4. The summed E-state index contributed by atoms with van der Waals surface area (Å²) in [7, 11) is 0. The number of anilines is 2. The maximum atomic E-state index is 6.26. The molecular weight excluding hydrogens is 384 g/mol. The van der Waals surface area contributed by atoms with E-state index in [1.54, 1.807) is 0 Å². The standard InChI is InChI=1S/C23H40N4O.ClH/c1-4-20(5-2)18-28-21-16-22(25-10-13-26-11-6-7-12-26)19(3)23(17-21)27-14-8-24-9-15-27;/h16-17,20,24-25H,4-15,18H2,1-3H3;1H. The molecule has 2 saturated heterocycles. The predicted octanol–water partition coefficient (Wildman–Crippen LogP) is 4.15. The number of likely N-dealkylation sites (tertiary alicyclic amines) is 1. The number of rotatable bonds is 10. The molecule has 2 aliphatic heterocycles. The van der Waals surface area contributed by atoms with Gasteiger partial charge in [0.05, 0.1) is 6.61 Å². The molecule has 2 aliphatic rings. The van der Waals surface area contributed by atoms with Crippen LogP contribution < -0.4 is 20.3 Å². The van der Waals surface area contributed by atoms with E-state index >= 15 is 0 Å². The summed E-state index contributed by atoms with van der Waals surface area (Å²) in [5, 5.41) is 7.17. The summed E-state index contributed by atoms with van der Waals surface area (Å²) in [5.41, 5.74) is 3.90. The Balaban J connectivity index is 0.00000300. The van der Waals surface area contributed by atoms with Gasteiger partial charge in [-0.15, -0.1) is 12.4 Å². The highest BCUT2D eigenvalue weighted by molar-refractivity contribution is 5.85. The maximum Gasteiger partial charge on any atom is 0.123 e. The largest absolute Gasteiger partial charge is 0.493 e. The third-order valence-electron chi connectivity index (χ3n) is 6.39. The van der Waals surface area contributed by atoms with E-state index in [1.165, 1.54) is 55.7 Å². The van der Waals surface area contributed by atoms with Crippen molar-refractivity contribution in [1.29, 1.82) is 0 Å². The topological polar surface area (TPSA) is 39.8 Å². The van der Waals surface area contributed by atoms with E-state index in [9.17, 15) is 0 Å². The molecule has 1 aromatic rings. The molecule has 1 aromatic carbocycles. The van der Waals surface area contributed by atoms with Gasteiger partial charge in [-0.1, -0.05) is 26.7 Å². The second-order valence-corrected chi connectivity index (χ2v) is 8.32. The minimum atomic E-state index is 0. The van der Waals surface area contributed by atoms with Crippen molar-refractivity contribution in [3.63, 3.8) is 0 Å². The van der Waals surface area contributed by atoms with Crippen LogP contribution in [0.25, 0.3) is 0 Å². The van der Waals surface area contributed by atoms with Crippen LogP contribution in [-0.4, -0.2) is 63.9 Å². The molecule has 6 heteroatoms. The molecule has 2 N–H and O–H groups in total. The van der Waals surface area contributed by atoms with Crippen LogP contribution in [0.15, 0.2) is 12.1 Å². The van der Waals surface area contributed by atoms with Gasteiger partial charge in [-0.25, -0.2) is 0 Å².